The number of aromatic nitrogens is 3. The summed E-state index contributed by atoms with van der Waals surface area (Å²) in [5.41, 5.74) is 3.31. The molecule has 0 aliphatic carbocycles. The molecule has 6 heterocycles. The van der Waals surface area contributed by atoms with Crippen LogP contribution in [0.5, 0.6) is 0 Å². The van der Waals surface area contributed by atoms with E-state index in [0.29, 0.717) is 33.3 Å². The fourth-order valence-electron chi connectivity index (χ4n) is 4.59. The van der Waals surface area contributed by atoms with E-state index in [1.54, 1.807) is 79.7 Å². The minimum absolute atomic E-state index is 0. The normalized spacial score (nSPS) is 10.9. The van der Waals surface area contributed by atoms with E-state index in [-0.39, 0.29) is 95.4 Å². The first kappa shape index (κ1) is 73.9. The summed E-state index contributed by atoms with van der Waals surface area (Å²) in [5, 5.41) is 0. The quantitative estimate of drug-likeness (QED) is 0.0620. The zero-order valence-electron chi connectivity index (χ0n) is 46.3. The second kappa shape index (κ2) is 38.0. The summed E-state index contributed by atoms with van der Waals surface area (Å²) >= 11 is 0. The SMILES string of the molecule is CC.CC.CC.CC.CC.CC(C)(C)C(=O)OCOC(=O)c1cc2occc2[nH]1.CC(C)C(=O)OC(OC(=O)c1cc2occc2[nH]1)C(C)C.CC(OC(=O)c1cc2occc2[nH]1)OC(=O)C(C)(C)C.[HH].[HH].[HH].[U].[U]. The molecule has 2 unspecified atom stereocenters. The van der Waals surface area contributed by atoms with Crippen LogP contribution in [0, 0.1) is 84.9 Å². The first-order valence-corrected chi connectivity index (χ1v) is 23.9. The summed E-state index contributed by atoms with van der Waals surface area (Å²) in [6.07, 6.45) is 2.69. The van der Waals surface area contributed by atoms with Gasteiger partial charge in [-0.2, -0.15) is 0 Å². The van der Waals surface area contributed by atoms with Gasteiger partial charge in [0, 0.05) is 116 Å². The summed E-state index contributed by atoms with van der Waals surface area (Å²) in [6.45, 7) is 38.5. The fraction of sp³-hybridized carbons (Fsp3) is 0.538. The van der Waals surface area contributed by atoms with E-state index in [4.69, 9.17) is 41.7 Å². The first-order chi connectivity index (χ1) is 33.0. The van der Waals surface area contributed by atoms with Crippen LogP contribution in [0.15, 0.2) is 68.4 Å². The van der Waals surface area contributed by atoms with Gasteiger partial charge in [0.2, 0.25) is 19.4 Å². The zero-order valence-corrected chi connectivity index (χ0v) is 54.7. The van der Waals surface area contributed by atoms with E-state index in [1.807, 2.05) is 83.1 Å². The molecule has 2 atom stereocenters. The molecule has 0 aliphatic heterocycles. The molecule has 3 N–H and O–H groups in total. The van der Waals surface area contributed by atoms with Gasteiger partial charge in [0.25, 0.3) is 0 Å². The van der Waals surface area contributed by atoms with Crippen LogP contribution in [0.2, 0.25) is 0 Å². The number of hydrogen-bond donors (Lipinski definition) is 3. The maximum atomic E-state index is 12.1. The fourth-order valence-corrected chi connectivity index (χ4v) is 4.59. The number of rotatable bonds is 11. The Bertz CT molecular complexity index is 2350. The Morgan fingerprint density at radius 1 is 0.500 bits per heavy atom. The third-order valence-electron chi connectivity index (χ3n) is 8.00. The van der Waals surface area contributed by atoms with Gasteiger partial charge >= 0.3 is 35.8 Å². The average Bonchev–Trinajstić information content (AvgIpc) is 4.19. The van der Waals surface area contributed by atoms with Crippen molar-refractivity contribution in [2.45, 2.75) is 158 Å². The molecule has 18 nitrogen and oxygen atoms in total. The molecule has 0 bridgehead atoms. The second-order valence-electron chi connectivity index (χ2n) is 16.1. The summed E-state index contributed by atoms with van der Waals surface area (Å²) in [5.74, 6) is -3.48. The Balaban J connectivity index is -0.000000165. The Labute approximate surface area is 477 Å². The van der Waals surface area contributed by atoms with Gasteiger partial charge in [-0.05, 0) is 41.5 Å². The van der Waals surface area contributed by atoms with Crippen LogP contribution in [-0.2, 0) is 42.8 Å². The predicted octanol–water partition coefficient (Wildman–Crippen LogP) is 14.3. The van der Waals surface area contributed by atoms with Crippen LogP contribution in [-0.4, -0.2) is 70.1 Å². The molecular weight excluding hydrogens is 1380 g/mol. The van der Waals surface area contributed by atoms with Crippen LogP contribution in [0.4, 0.5) is 0 Å². The van der Waals surface area contributed by atoms with Crippen LogP contribution >= 0.6 is 0 Å². The standard InChI is InChI=1S/C15H19NO5.C14H17NO5.C13H15NO5.5C2H6.2U.3H2/c1-8(2)13(17)20-15(9(3)4)21-14(18)11-7-12-10(16-11)5-6-19-12;1-8(20-13(17)14(2,3)4)19-12(16)10-7-11-9(15-10)5-6-18-11;1-13(2,3)12(16)19-7-18-11(15)9-6-10-8(14-9)4-5-17-10;5*1-2;;;;;/h5-9,15-16H,1-4H3;5-8,15H,1-4H3;4-6,14H,7H2,1-3H3;5*1-2H3;;;3*1H. The summed E-state index contributed by atoms with van der Waals surface area (Å²) in [4.78, 5) is 78.9. The van der Waals surface area contributed by atoms with E-state index in [0.717, 1.165) is 0 Å². The van der Waals surface area contributed by atoms with Crippen molar-refractivity contribution >= 4 is 69.1 Å². The van der Waals surface area contributed by atoms with E-state index < -0.39 is 66.0 Å². The molecule has 0 fully saturated rings. The molecule has 0 amide bonds. The van der Waals surface area contributed by atoms with Crippen molar-refractivity contribution in [1.29, 1.82) is 0 Å². The number of H-pyrrole nitrogens is 3. The summed E-state index contributed by atoms with van der Waals surface area (Å²) < 4.78 is 45.6. The second-order valence-corrected chi connectivity index (χ2v) is 16.1. The van der Waals surface area contributed by atoms with Crippen LogP contribution in [0.1, 0.15) is 181 Å². The maximum Gasteiger partial charge on any atom is 0.357 e. The van der Waals surface area contributed by atoms with Crippen LogP contribution in [0.3, 0.4) is 0 Å². The molecule has 0 aliphatic rings. The smallest absolute Gasteiger partial charge is 0.357 e. The van der Waals surface area contributed by atoms with E-state index in [2.05, 4.69) is 15.0 Å². The van der Waals surface area contributed by atoms with Gasteiger partial charge in [-0.1, -0.05) is 96.9 Å². The number of furan rings is 3. The molecule has 408 valence electrons. The van der Waals surface area contributed by atoms with Crippen LogP contribution in [0.25, 0.3) is 33.3 Å². The number of aromatic amines is 3. The summed E-state index contributed by atoms with van der Waals surface area (Å²) in [7, 11) is 0. The molecule has 6 aromatic heterocycles. The van der Waals surface area contributed by atoms with Crippen molar-refractivity contribution in [2.24, 2.45) is 22.7 Å². The minimum Gasteiger partial charge on any atom is -0.463 e. The molecule has 6 aromatic rings. The van der Waals surface area contributed by atoms with Gasteiger partial charge in [0.05, 0.1) is 52.1 Å². The van der Waals surface area contributed by atoms with Crippen molar-refractivity contribution in [1.82, 2.24) is 15.0 Å². The van der Waals surface area contributed by atoms with Gasteiger partial charge in [0.1, 0.15) is 17.1 Å². The molecular formula is C52H87N3O15U2. The molecule has 72 heavy (non-hydrogen) atoms. The van der Waals surface area contributed by atoms with Crippen molar-refractivity contribution in [3.05, 3.63) is 72.3 Å². The van der Waals surface area contributed by atoms with E-state index in [9.17, 15) is 28.8 Å². The van der Waals surface area contributed by atoms with Gasteiger partial charge in [-0.25, -0.2) is 14.4 Å². The molecule has 0 aromatic carbocycles. The molecule has 0 spiro atoms. The number of carbonyl (C=O) groups excluding carboxylic acids is 6. The third-order valence-corrected chi connectivity index (χ3v) is 8.00. The Kier molecular flexibility index (Phi) is 39.0. The van der Waals surface area contributed by atoms with E-state index >= 15 is 0 Å². The molecule has 0 saturated carbocycles. The van der Waals surface area contributed by atoms with Gasteiger partial charge < -0.3 is 56.6 Å². The first-order valence-electron chi connectivity index (χ1n) is 23.9. The summed E-state index contributed by atoms with van der Waals surface area (Å²) in [6, 6.07) is 9.74. The van der Waals surface area contributed by atoms with E-state index in [1.165, 1.54) is 37.8 Å². The predicted molar refractivity (Wildman–Crippen MR) is 276 cm³/mol. The Morgan fingerprint density at radius 3 is 1.17 bits per heavy atom. The topological polar surface area (TPSA) is 245 Å². The number of ether oxygens (including phenoxy) is 6. The number of nitrogens with one attached hydrogen (secondary N) is 3. The zero-order chi connectivity index (χ0) is 54.5. The van der Waals surface area contributed by atoms with Gasteiger partial charge in [-0.15, -0.1) is 0 Å². The largest absolute Gasteiger partial charge is 0.463 e. The van der Waals surface area contributed by atoms with Crippen molar-refractivity contribution < 1.29 is 137 Å². The molecule has 0 radical (unpaired) electrons. The van der Waals surface area contributed by atoms with Crippen molar-refractivity contribution in [3.8, 4) is 0 Å². The number of hydrogen-bond acceptors (Lipinski definition) is 15. The van der Waals surface area contributed by atoms with Crippen LogP contribution < -0.4 is 0 Å². The van der Waals surface area contributed by atoms with Crippen molar-refractivity contribution in [2.75, 3.05) is 6.79 Å². The maximum absolute atomic E-state index is 12.1. The minimum atomic E-state index is -0.955. The Hall–Kier alpha value is -4.62. The van der Waals surface area contributed by atoms with Crippen molar-refractivity contribution in [3.63, 3.8) is 0 Å². The van der Waals surface area contributed by atoms with Gasteiger partial charge in [0.15, 0.2) is 16.7 Å². The number of fused-ring (bicyclic) bond motifs is 3. The monoisotopic (exact) mass is 1470 g/mol. The average molecular weight is 1470 g/mol. The Morgan fingerprint density at radius 2 is 0.847 bits per heavy atom. The molecule has 0 saturated heterocycles. The number of carbonyl (C=O) groups is 6. The number of esters is 6. The molecule has 6 rings (SSSR count). The molecule has 20 heteroatoms. The van der Waals surface area contributed by atoms with Gasteiger partial charge in [-0.3, -0.25) is 14.4 Å². The third kappa shape index (κ3) is 25.4.